The highest BCUT2D eigenvalue weighted by Crippen LogP contribution is 2.27. The van der Waals surface area contributed by atoms with Gasteiger partial charge < -0.3 is 21.0 Å². The van der Waals surface area contributed by atoms with Gasteiger partial charge in [0.15, 0.2) is 5.84 Å². The van der Waals surface area contributed by atoms with Gasteiger partial charge in [0.25, 0.3) is 0 Å². The summed E-state index contributed by atoms with van der Waals surface area (Å²) in [6.07, 6.45) is 2.03. The van der Waals surface area contributed by atoms with Gasteiger partial charge in [-0.25, -0.2) is 0 Å². The Morgan fingerprint density at radius 3 is 3.00 bits per heavy atom. The predicted octanol–water partition coefficient (Wildman–Crippen LogP) is 1.27. The first-order chi connectivity index (χ1) is 10.2. The van der Waals surface area contributed by atoms with Crippen molar-refractivity contribution in [2.75, 3.05) is 6.54 Å². The van der Waals surface area contributed by atoms with Gasteiger partial charge in [-0.3, -0.25) is 4.79 Å². The van der Waals surface area contributed by atoms with Gasteiger partial charge in [0.1, 0.15) is 11.9 Å². The van der Waals surface area contributed by atoms with E-state index in [9.17, 15) is 4.79 Å². The fourth-order valence-electron chi connectivity index (χ4n) is 2.48. The Labute approximate surface area is 124 Å². The number of hydrogen-bond acceptors (Lipinski definition) is 4. The van der Waals surface area contributed by atoms with Crippen LogP contribution < -0.4 is 15.8 Å². The van der Waals surface area contributed by atoms with E-state index in [1.54, 1.807) is 0 Å². The Bertz CT molecular complexity index is 506. The van der Waals surface area contributed by atoms with Gasteiger partial charge >= 0.3 is 0 Å². The zero-order chi connectivity index (χ0) is 15.2. The van der Waals surface area contributed by atoms with Gasteiger partial charge in [-0.1, -0.05) is 36.7 Å². The predicted molar refractivity (Wildman–Crippen MR) is 79.4 cm³/mol. The maximum Gasteiger partial charge on any atom is 0.230 e. The number of hydrogen-bond donors (Lipinski definition) is 3. The number of fused-ring (bicyclic) bond motifs is 1. The first-order valence-electron chi connectivity index (χ1n) is 7.15. The van der Waals surface area contributed by atoms with Crippen molar-refractivity contribution in [3.8, 4) is 5.75 Å². The first-order valence-corrected chi connectivity index (χ1v) is 7.15. The summed E-state index contributed by atoms with van der Waals surface area (Å²) in [7, 11) is 0. The summed E-state index contributed by atoms with van der Waals surface area (Å²) in [4.78, 5) is 12.1. The summed E-state index contributed by atoms with van der Waals surface area (Å²) in [5.41, 5.74) is 6.72. The van der Waals surface area contributed by atoms with E-state index in [0.717, 1.165) is 24.2 Å². The van der Waals surface area contributed by atoms with Crippen LogP contribution in [0.4, 0.5) is 0 Å². The molecule has 0 aliphatic carbocycles. The highest BCUT2D eigenvalue weighted by molar-refractivity contribution is 6.02. The summed E-state index contributed by atoms with van der Waals surface area (Å²) in [6.45, 7) is 2.36. The smallest absolute Gasteiger partial charge is 0.230 e. The number of rotatable bonds is 6. The molecule has 1 aromatic carbocycles. The molecule has 2 unspecified atom stereocenters. The van der Waals surface area contributed by atoms with Crippen molar-refractivity contribution in [3.05, 3.63) is 29.8 Å². The Hall–Kier alpha value is -2.24. The van der Waals surface area contributed by atoms with E-state index in [1.807, 2.05) is 31.2 Å². The van der Waals surface area contributed by atoms with Crippen LogP contribution in [0.2, 0.25) is 0 Å². The minimum atomic E-state index is -0.594. The van der Waals surface area contributed by atoms with E-state index in [1.165, 1.54) is 0 Å². The lowest BCUT2D eigenvalue weighted by molar-refractivity contribution is -0.123. The third-order valence-corrected chi connectivity index (χ3v) is 3.58. The van der Waals surface area contributed by atoms with E-state index in [-0.39, 0.29) is 17.8 Å². The Balaban J connectivity index is 1.87. The number of nitrogens with two attached hydrogens (primary N) is 1. The van der Waals surface area contributed by atoms with Crippen LogP contribution in [0.1, 0.15) is 25.3 Å². The number of nitrogens with one attached hydrogen (secondary N) is 1. The minimum Gasteiger partial charge on any atom is -0.488 e. The molecule has 0 saturated carbocycles. The molecule has 2 atom stereocenters. The number of carbonyl (C=O) groups excluding carboxylic acids is 1. The fourth-order valence-corrected chi connectivity index (χ4v) is 2.48. The SMILES string of the molecule is CCCC(C(=O)NCC1Cc2ccccc2O1)C(N)=NO. The van der Waals surface area contributed by atoms with E-state index in [4.69, 9.17) is 15.7 Å². The van der Waals surface area contributed by atoms with Crippen LogP contribution in [0.15, 0.2) is 29.4 Å². The van der Waals surface area contributed by atoms with Crippen LogP contribution in [0, 0.1) is 5.92 Å². The van der Waals surface area contributed by atoms with Crippen molar-refractivity contribution >= 4 is 11.7 Å². The second kappa shape index (κ2) is 6.97. The lowest BCUT2D eigenvalue weighted by Gasteiger charge is -2.17. The molecule has 2 rings (SSSR count). The number of para-hydroxylation sites is 1. The molecular weight excluding hydrogens is 270 g/mol. The molecule has 21 heavy (non-hydrogen) atoms. The van der Waals surface area contributed by atoms with Crippen LogP contribution in [0.5, 0.6) is 5.75 Å². The second-order valence-corrected chi connectivity index (χ2v) is 5.16. The molecule has 1 heterocycles. The number of benzene rings is 1. The molecule has 0 aromatic heterocycles. The molecule has 6 nitrogen and oxygen atoms in total. The number of oxime groups is 1. The Morgan fingerprint density at radius 2 is 2.33 bits per heavy atom. The zero-order valence-electron chi connectivity index (χ0n) is 12.1. The van der Waals surface area contributed by atoms with Gasteiger partial charge in [-0.05, 0) is 18.1 Å². The molecule has 0 saturated heterocycles. The quantitative estimate of drug-likeness (QED) is 0.318. The van der Waals surface area contributed by atoms with Crippen LogP contribution in [0.3, 0.4) is 0 Å². The summed E-state index contributed by atoms with van der Waals surface area (Å²) < 4.78 is 5.76. The molecule has 1 amide bonds. The Kier molecular flexibility index (Phi) is 5.03. The normalized spacial score (nSPS) is 18.7. The molecule has 0 fully saturated rings. The van der Waals surface area contributed by atoms with Crippen molar-refractivity contribution < 1.29 is 14.7 Å². The number of amidine groups is 1. The largest absolute Gasteiger partial charge is 0.488 e. The van der Waals surface area contributed by atoms with Crippen LogP contribution in [-0.4, -0.2) is 29.6 Å². The summed E-state index contributed by atoms with van der Waals surface area (Å²) >= 11 is 0. The number of carbonyl (C=O) groups is 1. The van der Waals surface area contributed by atoms with Gasteiger partial charge in [0.2, 0.25) is 5.91 Å². The average molecular weight is 291 g/mol. The van der Waals surface area contributed by atoms with Crippen molar-refractivity contribution in [1.29, 1.82) is 0 Å². The highest BCUT2D eigenvalue weighted by Gasteiger charge is 2.26. The maximum atomic E-state index is 12.1. The summed E-state index contributed by atoms with van der Waals surface area (Å²) in [5, 5.41) is 14.5. The van der Waals surface area contributed by atoms with Crippen LogP contribution in [-0.2, 0) is 11.2 Å². The van der Waals surface area contributed by atoms with Crippen molar-refractivity contribution in [2.45, 2.75) is 32.3 Å². The minimum absolute atomic E-state index is 0.0509. The van der Waals surface area contributed by atoms with Crippen molar-refractivity contribution in [2.24, 2.45) is 16.8 Å². The van der Waals surface area contributed by atoms with Crippen LogP contribution in [0.25, 0.3) is 0 Å². The van der Waals surface area contributed by atoms with E-state index < -0.39 is 5.92 Å². The average Bonchev–Trinajstić information content (AvgIpc) is 2.92. The second-order valence-electron chi connectivity index (χ2n) is 5.16. The first kappa shape index (κ1) is 15.2. The third-order valence-electron chi connectivity index (χ3n) is 3.58. The van der Waals surface area contributed by atoms with Gasteiger partial charge in [0, 0.05) is 6.42 Å². The van der Waals surface area contributed by atoms with Gasteiger partial charge in [-0.15, -0.1) is 0 Å². The highest BCUT2D eigenvalue weighted by atomic mass is 16.5. The zero-order valence-corrected chi connectivity index (χ0v) is 12.1. The van der Waals surface area contributed by atoms with Crippen molar-refractivity contribution in [3.63, 3.8) is 0 Å². The van der Waals surface area contributed by atoms with Gasteiger partial charge in [-0.2, -0.15) is 0 Å². The molecule has 114 valence electrons. The maximum absolute atomic E-state index is 12.1. The molecule has 1 aliphatic heterocycles. The monoisotopic (exact) mass is 291 g/mol. The van der Waals surface area contributed by atoms with E-state index >= 15 is 0 Å². The molecule has 6 heteroatoms. The molecular formula is C15H21N3O3. The fraction of sp³-hybridized carbons (Fsp3) is 0.467. The van der Waals surface area contributed by atoms with E-state index in [2.05, 4.69) is 10.5 Å². The number of ether oxygens (including phenoxy) is 1. The molecule has 0 bridgehead atoms. The summed E-state index contributed by atoms with van der Waals surface area (Å²) in [6, 6.07) is 7.84. The molecule has 0 spiro atoms. The lowest BCUT2D eigenvalue weighted by Crippen LogP contribution is -2.42. The summed E-state index contributed by atoms with van der Waals surface area (Å²) in [5.74, 6) is -0.00115. The molecule has 4 N–H and O–H groups in total. The topological polar surface area (TPSA) is 96.9 Å². The standard InChI is InChI=1S/C15H21N3O3/c1-2-5-12(14(16)18-20)15(19)17-9-11-8-10-6-3-4-7-13(10)21-11/h3-4,6-7,11-12,20H,2,5,8-9H2,1H3,(H2,16,18)(H,17,19). The molecule has 1 aromatic rings. The molecule has 0 radical (unpaired) electrons. The third kappa shape index (κ3) is 3.65. The number of nitrogens with zero attached hydrogens (tertiary/aromatic N) is 1. The molecule has 1 aliphatic rings. The van der Waals surface area contributed by atoms with E-state index in [0.29, 0.717) is 13.0 Å². The Morgan fingerprint density at radius 1 is 1.57 bits per heavy atom. The lowest BCUT2D eigenvalue weighted by atomic mass is 10.0. The number of amides is 1. The van der Waals surface area contributed by atoms with Crippen LogP contribution >= 0.6 is 0 Å². The van der Waals surface area contributed by atoms with Crippen molar-refractivity contribution in [1.82, 2.24) is 5.32 Å². The van der Waals surface area contributed by atoms with Gasteiger partial charge in [0.05, 0.1) is 12.5 Å².